The lowest BCUT2D eigenvalue weighted by molar-refractivity contribution is 0.524. The van der Waals surface area contributed by atoms with Gasteiger partial charge < -0.3 is 10.6 Å². The Morgan fingerprint density at radius 1 is 1.64 bits per heavy atom. The molecule has 1 heterocycles. The summed E-state index contributed by atoms with van der Waals surface area (Å²) < 4.78 is 1.17. The molecule has 0 bridgehead atoms. The van der Waals surface area contributed by atoms with Crippen LogP contribution in [0.1, 0.15) is 12.8 Å². The molecule has 1 aliphatic rings. The van der Waals surface area contributed by atoms with Crippen LogP contribution < -0.4 is 10.6 Å². The molecule has 0 unspecified atom stereocenters. The van der Waals surface area contributed by atoms with Gasteiger partial charge in [0.05, 0.1) is 5.00 Å². The molecule has 0 aromatic carbocycles. The van der Waals surface area contributed by atoms with Gasteiger partial charge in [-0.25, -0.2) is 0 Å². The van der Waals surface area contributed by atoms with Gasteiger partial charge in [-0.05, 0) is 41.4 Å². The van der Waals surface area contributed by atoms with E-state index < -0.39 is 0 Å². The largest absolute Gasteiger partial charge is 0.366 e. The zero-order valence-electron chi connectivity index (χ0n) is 8.29. The van der Waals surface area contributed by atoms with Gasteiger partial charge in [-0.1, -0.05) is 0 Å². The molecule has 0 amide bonds. The van der Waals surface area contributed by atoms with E-state index in [1.165, 1.54) is 22.3 Å². The normalized spacial score (nSPS) is 18.2. The number of rotatable bonds is 4. The summed E-state index contributed by atoms with van der Waals surface area (Å²) in [6.45, 7) is 1.92. The number of halogens is 1. The second-order valence-electron chi connectivity index (χ2n) is 4.16. The predicted octanol–water partition coefficient (Wildman–Crippen LogP) is 2.69. The first kappa shape index (κ1) is 10.5. The maximum absolute atomic E-state index is 5.77. The summed E-state index contributed by atoms with van der Waals surface area (Å²) in [7, 11) is 2.15. The third kappa shape index (κ3) is 2.12. The number of nitrogens with two attached hydrogens (primary N) is 1. The number of hydrogen-bond acceptors (Lipinski definition) is 3. The lowest BCUT2D eigenvalue weighted by Crippen LogP contribution is -2.30. The van der Waals surface area contributed by atoms with Crippen molar-refractivity contribution >= 4 is 32.3 Å². The molecule has 0 saturated heterocycles. The SMILES string of the molecule is CN(CC1(CN)CC1)c1cc(Br)cs1. The summed E-state index contributed by atoms with van der Waals surface area (Å²) in [5.74, 6) is 0. The Balaban J connectivity index is 1.99. The van der Waals surface area contributed by atoms with E-state index in [2.05, 4.69) is 39.3 Å². The quantitative estimate of drug-likeness (QED) is 0.915. The van der Waals surface area contributed by atoms with Crippen molar-refractivity contribution in [2.45, 2.75) is 12.8 Å². The topological polar surface area (TPSA) is 29.3 Å². The first-order chi connectivity index (χ1) is 6.65. The average molecular weight is 275 g/mol. The summed E-state index contributed by atoms with van der Waals surface area (Å²) in [5.41, 5.74) is 6.19. The van der Waals surface area contributed by atoms with Crippen LogP contribution in [0.15, 0.2) is 15.9 Å². The van der Waals surface area contributed by atoms with Crippen molar-refractivity contribution in [1.29, 1.82) is 0 Å². The molecule has 0 atom stereocenters. The van der Waals surface area contributed by atoms with Crippen LogP contribution in [0.5, 0.6) is 0 Å². The van der Waals surface area contributed by atoms with Gasteiger partial charge >= 0.3 is 0 Å². The van der Waals surface area contributed by atoms with Crippen molar-refractivity contribution in [2.24, 2.45) is 11.1 Å². The Morgan fingerprint density at radius 3 is 2.79 bits per heavy atom. The molecular formula is C10H15BrN2S. The molecule has 1 saturated carbocycles. The fourth-order valence-electron chi connectivity index (χ4n) is 1.69. The van der Waals surface area contributed by atoms with Crippen LogP contribution in [0.2, 0.25) is 0 Å². The smallest absolute Gasteiger partial charge is 0.0917 e. The minimum Gasteiger partial charge on any atom is -0.366 e. The van der Waals surface area contributed by atoms with E-state index in [0.717, 1.165) is 13.1 Å². The molecule has 0 aliphatic heterocycles. The van der Waals surface area contributed by atoms with Crippen molar-refractivity contribution < 1.29 is 0 Å². The number of thiophene rings is 1. The van der Waals surface area contributed by atoms with E-state index in [1.54, 1.807) is 11.3 Å². The summed E-state index contributed by atoms with van der Waals surface area (Å²) in [6, 6.07) is 2.16. The lowest BCUT2D eigenvalue weighted by atomic mass is 10.1. The first-order valence-electron chi connectivity index (χ1n) is 4.80. The van der Waals surface area contributed by atoms with Gasteiger partial charge in [0.1, 0.15) is 0 Å². The molecular weight excluding hydrogens is 260 g/mol. The molecule has 2 N–H and O–H groups in total. The molecule has 1 aromatic rings. The molecule has 1 aliphatic carbocycles. The minimum atomic E-state index is 0.422. The van der Waals surface area contributed by atoms with Gasteiger partial charge in [-0.2, -0.15) is 0 Å². The minimum absolute atomic E-state index is 0.422. The highest BCUT2D eigenvalue weighted by Gasteiger charge is 2.42. The van der Waals surface area contributed by atoms with Crippen LogP contribution >= 0.6 is 27.3 Å². The third-order valence-corrected chi connectivity index (χ3v) is 4.70. The molecule has 0 spiro atoms. The number of hydrogen-bond donors (Lipinski definition) is 1. The van der Waals surface area contributed by atoms with Crippen molar-refractivity contribution in [2.75, 3.05) is 25.0 Å². The van der Waals surface area contributed by atoms with Crippen LogP contribution in [0.3, 0.4) is 0 Å². The van der Waals surface area contributed by atoms with Gasteiger partial charge in [0.2, 0.25) is 0 Å². The molecule has 78 valence electrons. The van der Waals surface area contributed by atoms with Gasteiger partial charge in [-0.3, -0.25) is 0 Å². The van der Waals surface area contributed by atoms with E-state index in [1.807, 2.05) is 0 Å². The van der Waals surface area contributed by atoms with Crippen LogP contribution in [-0.2, 0) is 0 Å². The number of anilines is 1. The molecule has 2 rings (SSSR count). The van der Waals surface area contributed by atoms with Gasteiger partial charge in [0.25, 0.3) is 0 Å². The zero-order chi connectivity index (χ0) is 10.2. The fourth-order valence-corrected chi connectivity index (χ4v) is 3.08. The van der Waals surface area contributed by atoms with Crippen LogP contribution in [0, 0.1) is 5.41 Å². The van der Waals surface area contributed by atoms with Crippen molar-refractivity contribution in [3.8, 4) is 0 Å². The Morgan fingerprint density at radius 2 is 2.36 bits per heavy atom. The first-order valence-corrected chi connectivity index (χ1v) is 6.48. The molecule has 0 radical (unpaired) electrons. The van der Waals surface area contributed by atoms with Gasteiger partial charge in [0, 0.05) is 28.9 Å². The monoisotopic (exact) mass is 274 g/mol. The fraction of sp³-hybridized carbons (Fsp3) is 0.600. The average Bonchev–Trinajstić information content (AvgIpc) is 2.80. The molecule has 2 nitrogen and oxygen atoms in total. The summed E-state index contributed by atoms with van der Waals surface area (Å²) >= 11 is 5.25. The van der Waals surface area contributed by atoms with Gasteiger partial charge in [-0.15, -0.1) is 11.3 Å². The maximum atomic E-state index is 5.77. The van der Waals surface area contributed by atoms with E-state index in [-0.39, 0.29) is 0 Å². The molecule has 14 heavy (non-hydrogen) atoms. The Kier molecular flexibility index (Phi) is 2.86. The van der Waals surface area contributed by atoms with E-state index in [9.17, 15) is 0 Å². The van der Waals surface area contributed by atoms with E-state index >= 15 is 0 Å². The third-order valence-electron chi connectivity index (χ3n) is 2.89. The number of nitrogens with zero attached hydrogens (tertiary/aromatic N) is 1. The standard InChI is InChI=1S/C10H15BrN2S/c1-13(7-10(6-12)2-3-10)9-4-8(11)5-14-9/h4-5H,2-3,6-7,12H2,1H3. The Labute approximate surface area is 97.2 Å². The van der Waals surface area contributed by atoms with Crippen LogP contribution in [0.4, 0.5) is 5.00 Å². The predicted molar refractivity (Wildman–Crippen MR) is 66.0 cm³/mol. The van der Waals surface area contributed by atoms with E-state index in [0.29, 0.717) is 5.41 Å². The molecule has 1 fully saturated rings. The van der Waals surface area contributed by atoms with Crippen molar-refractivity contribution in [3.63, 3.8) is 0 Å². The Hall–Kier alpha value is -0.0600. The molecule has 4 heteroatoms. The summed E-state index contributed by atoms with van der Waals surface area (Å²) in [4.78, 5) is 2.31. The lowest BCUT2D eigenvalue weighted by Gasteiger charge is -2.22. The van der Waals surface area contributed by atoms with Crippen molar-refractivity contribution in [3.05, 3.63) is 15.9 Å². The molecule has 1 aromatic heterocycles. The maximum Gasteiger partial charge on any atom is 0.0917 e. The summed E-state index contributed by atoms with van der Waals surface area (Å²) in [5, 5.41) is 3.44. The highest BCUT2D eigenvalue weighted by Crippen LogP contribution is 2.45. The van der Waals surface area contributed by atoms with Gasteiger partial charge in [0.15, 0.2) is 0 Å². The zero-order valence-corrected chi connectivity index (χ0v) is 10.7. The highest BCUT2D eigenvalue weighted by atomic mass is 79.9. The Bertz CT molecular complexity index is 320. The van der Waals surface area contributed by atoms with E-state index in [4.69, 9.17) is 5.73 Å². The summed E-state index contributed by atoms with van der Waals surface area (Å²) in [6.07, 6.45) is 2.58. The highest BCUT2D eigenvalue weighted by molar-refractivity contribution is 9.10. The second kappa shape index (κ2) is 3.83. The van der Waals surface area contributed by atoms with Crippen LogP contribution in [0.25, 0.3) is 0 Å². The van der Waals surface area contributed by atoms with Crippen LogP contribution in [-0.4, -0.2) is 20.1 Å². The van der Waals surface area contributed by atoms with Crippen molar-refractivity contribution in [1.82, 2.24) is 0 Å². The second-order valence-corrected chi connectivity index (χ2v) is 5.97.